The lowest BCUT2D eigenvalue weighted by Gasteiger charge is -2.56. The van der Waals surface area contributed by atoms with Gasteiger partial charge in [0.1, 0.15) is 5.60 Å². The molecule has 5 rings (SSSR count). The van der Waals surface area contributed by atoms with Gasteiger partial charge in [-0.2, -0.15) is 0 Å². The molecule has 0 radical (unpaired) electrons. The molecule has 0 aromatic heterocycles. The molecule has 0 bridgehead atoms. The highest BCUT2D eigenvalue weighted by molar-refractivity contribution is 6.27. The van der Waals surface area contributed by atoms with Crippen LogP contribution in [-0.4, -0.2) is 11.6 Å². The Kier molecular flexibility index (Phi) is 4.07. The fraction of sp³-hybridized carbons (Fsp3) is 0.154. The largest absolute Gasteiger partial charge is 0.357 e. The maximum absolute atomic E-state index is 12.9. The normalized spacial score (nSPS) is 25.1. The minimum absolute atomic E-state index is 0.0466. The smallest absolute Gasteiger partial charge is 0.196 e. The molecule has 0 saturated carbocycles. The number of allylic oxidation sites excluding steroid dienone is 1. The Hall–Kier alpha value is -3.30. The zero-order valence-corrected chi connectivity index (χ0v) is 16.0. The number of carbonyl (C=O) groups excluding carboxylic acids is 2. The van der Waals surface area contributed by atoms with Crippen molar-refractivity contribution in [3.05, 3.63) is 119 Å². The molecule has 0 unspecified atom stereocenters. The molecule has 1 spiro atoms. The summed E-state index contributed by atoms with van der Waals surface area (Å²) in [5, 5.41) is 0. The van der Waals surface area contributed by atoms with Crippen molar-refractivity contribution in [1.29, 1.82) is 0 Å². The van der Waals surface area contributed by atoms with Crippen LogP contribution >= 0.6 is 0 Å². The summed E-state index contributed by atoms with van der Waals surface area (Å²) < 4.78 is 6.60. The molecule has 1 heterocycles. The van der Waals surface area contributed by atoms with E-state index >= 15 is 0 Å². The van der Waals surface area contributed by atoms with Gasteiger partial charge in [0.15, 0.2) is 11.6 Å². The zero-order valence-electron chi connectivity index (χ0n) is 16.0. The predicted octanol–water partition coefficient (Wildman–Crippen LogP) is 5.15. The molecule has 0 amide bonds. The van der Waals surface area contributed by atoms with E-state index in [0.717, 1.165) is 16.7 Å². The van der Waals surface area contributed by atoms with Crippen LogP contribution in [0.15, 0.2) is 96.6 Å². The Morgan fingerprint density at radius 2 is 1.41 bits per heavy atom. The Labute approximate surface area is 169 Å². The van der Waals surface area contributed by atoms with E-state index < -0.39 is 5.60 Å². The summed E-state index contributed by atoms with van der Waals surface area (Å²) in [6.07, 6.45) is 1.60. The van der Waals surface area contributed by atoms with Crippen LogP contribution in [0.5, 0.6) is 0 Å². The van der Waals surface area contributed by atoms with Gasteiger partial charge in [0, 0.05) is 5.56 Å². The van der Waals surface area contributed by atoms with Gasteiger partial charge in [-0.1, -0.05) is 84.9 Å². The van der Waals surface area contributed by atoms with Crippen LogP contribution in [0, 0.1) is 0 Å². The molecule has 29 heavy (non-hydrogen) atoms. The van der Waals surface area contributed by atoms with Crippen LogP contribution in [0.4, 0.5) is 0 Å². The average molecular weight is 380 g/mol. The standard InChI is InChI=1S/C26H20O3/c1-17(27)21-16-26(22-15-9-8-14-20(22)24(21)28)23(18-10-4-2-5-11-18)25(29-26)19-12-6-3-7-13-19/h2-16,23,25H,1H3/t23-,25-,26+/m1/s1. The van der Waals surface area contributed by atoms with Crippen LogP contribution < -0.4 is 0 Å². The molecule has 0 N–H and O–H groups in total. The SMILES string of the molecule is CC(=O)C1=C[C@]2(O[C@H](c3ccccc3)[C@H]2c2ccccc2)c2ccccc2C1=O. The van der Waals surface area contributed by atoms with Crippen molar-refractivity contribution in [2.45, 2.75) is 24.5 Å². The number of benzene rings is 3. The van der Waals surface area contributed by atoms with Crippen LogP contribution in [-0.2, 0) is 15.1 Å². The topological polar surface area (TPSA) is 43.4 Å². The third-order valence-corrected chi connectivity index (χ3v) is 5.95. The van der Waals surface area contributed by atoms with Crippen molar-refractivity contribution in [2.24, 2.45) is 0 Å². The summed E-state index contributed by atoms with van der Waals surface area (Å²) in [5.41, 5.74) is 2.95. The van der Waals surface area contributed by atoms with E-state index in [1.165, 1.54) is 6.92 Å². The van der Waals surface area contributed by atoms with Gasteiger partial charge in [-0.3, -0.25) is 9.59 Å². The van der Waals surface area contributed by atoms with Gasteiger partial charge in [0.25, 0.3) is 0 Å². The molecule has 1 aliphatic heterocycles. The Morgan fingerprint density at radius 1 is 0.828 bits per heavy atom. The lowest BCUT2D eigenvalue weighted by molar-refractivity contribution is -0.213. The number of hydrogen-bond acceptors (Lipinski definition) is 3. The predicted molar refractivity (Wildman–Crippen MR) is 111 cm³/mol. The molecular formula is C26H20O3. The lowest BCUT2D eigenvalue weighted by atomic mass is 9.63. The number of ketones is 2. The molecule has 3 atom stereocenters. The van der Waals surface area contributed by atoms with Gasteiger partial charge in [0.2, 0.25) is 0 Å². The summed E-state index contributed by atoms with van der Waals surface area (Å²) in [7, 11) is 0. The number of rotatable bonds is 3. The summed E-state index contributed by atoms with van der Waals surface area (Å²) in [4.78, 5) is 25.2. The number of hydrogen-bond donors (Lipinski definition) is 0. The molecular weight excluding hydrogens is 360 g/mol. The van der Waals surface area contributed by atoms with Crippen molar-refractivity contribution in [3.63, 3.8) is 0 Å². The first-order valence-corrected chi connectivity index (χ1v) is 9.77. The van der Waals surface area contributed by atoms with Gasteiger partial charge in [-0.25, -0.2) is 0 Å². The first kappa shape index (κ1) is 17.8. The van der Waals surface area contributed by atoms with Crippen molar-refractivity contribution in [3.8, 4) is 0 Å². The third kappa shape index (κ3) is 2.62. The highest BCUT2D eigenvalue weighted by Crippen LogP contribution is 2.62. The quantitative estimate of drug-likeness (QED) is 0.590. The van der Waals surface area contributed by atoms with Crippen LogP contribution in [0.25, 0.3) is 0 Å². The number of carbonyl (C=O) groups is 2. The summed E-state index contributed by atoms with van der Waals surface area (Å²) >= 11 is 0. The first-order valence-electron chi connectivity index (χ1n) is 9.77. The summed E-state index contributed by atoms with van der Waals surface area (Å²) in [6, 6.07) is 27.8. The maximum Gasteiger partial charge on any atom is 0.196 e. The highest BCUT2D eigenvalue weighted by Gasteiger charge is 2.59. The van der Waals surface area contributed by atoms with Gasteiger partial charge in [-0.15, -0.1) is 0 Å². The number of ether oxygens (including phenoxy) is 1. The molecule has 3 aromatic carbocycles. The van der Waals surface area contributed by atoms with Gasteiger partial charge in [0.05, 0.1) is 17.6 Å². The van der Waals surface area contributed by atoms with E-state index in [-0.39, 0.29) is 29.2 Å². The zero-order chi connectivity index (χ0) is 20.0. The Bertz CT molecular complexity index is 1130. The maximum atomic E-state index is 12.9. The molecule has 3 nitrogen and oxygen atoms in total. The molecule has 142 valence electrons. The molecule has 1 aliphatic carbocycles. The van der Waals surface area contributed by atoms with Crippen LogP contribution in [0.1, 0.15) is 46.0 Å². The second kappa shape index (κ2) is 6.64. The van der Waals surface area contributed by atoms with Crippen molar-refractivity contribution >= 4 is 11.6 Å². The molecule has 1 fully saturated rings. The second-order valence-electron chi connectivity index (χ2n) is 7.62. The Balaban J connectivity index is 1.74. The third-order valence-electron chi connectivity index (χ3n) is 5.95. The summed E-state index contributed by atoms with van der Waals surface area (Å²) in [6.45, 7) is 1.44. The van der Waals surface area contributed by atoms with Crippen molar-refractivity contribution < 1.29 is 14.3 Å². The van der Waals surface area contributed by atoms with Gasteiger partial charge in [-0.05, 0) is 29.7 Å². The first-order chi connectivity index (χ1) is 14.1. The molecule has 1 saturated heterocycles. The minimum atomic E-state index is -0.840. The van der Waals surface area contributed by atoms with Crippen LogP contribution in [0.2, 0.25) is 0 Å². The van der Waals surface area contributed by atoms with E-state index in [2.05, 4.69) is 24.3 Å². The monoisotopic (exact) mass is 380 g/mol. The Morgan fingerprint density at radius 3 is 2.07 bits per heavy atom. The van der Waals surface area contributed by atoms with Crippen molar-refractivity contribution in [1.82, 2.24) is 0 Å². The fourth-order valence-electron chi connectivity index (χ4n) is 4.63. The fourth-order valence-corrected chi connectivity index (χ4v) is 4.63. The highest BCUT2D eigenvalue weighted by atomic mass is 16.5. The molecule has 3 heteroatoms. The lowest BCUT2D eigenvalue weighted by Crippen LogP contribution is -2.52. The van der Waals surface area contributed by atoms with E-state index in [9.17, 15) is 9.59 Å². The minimum Gasteiger partial charge on any atom is -0.357 e. The van der Waals surface area contributed by atoms with Crippen LogP contribution in [0.3, 0.4) is 0 Å². The van der Waals surface area contributed by atoms with E-state index in [1.807, 2.05) is 54.6 Å². The van der Waals surface area contributed by atoms with Gasteiger partial charge >= 0.3 is 0 Å². The van der Waals surface area contributed by atoms with Crippen molar-refractivity contribution in [2.75, 3.05) is 0 Å². The molecule has 3 aromatic rings. The van der Waals surface area contributed by atoms with Gasteiger partial charge < -0.3 is 4.74 Å². The second-order valence-corrected chi connectivity index (χ2v) is 7.62. The number of fused-ring (bicyclic) bond motifs is 2. The average Bonchev–Trinajstić information content (AvgIpc) is 2.74. The molecule has 2 aliphatic rings. The summed E-state index contributed by atoms with van der Waals surface area (Å²) in [5.74, 6) is -0.505. The van der Waals surface area contributed by atoms with E-state index in [4.69, 9.17) is 4.74 Å². The number of Topliss-reactive ketones (excluding diaryl/α,β-unsaturated/α-hetero) is 2. The van der Waals surface area contributed by atoms with E-state index in [0.29, 0.717) is 5.56 Å². The van der Waals surface area contributed by atoms with E-state index in [1.54, 1.807) is 12.1 Å².